The fourth-order valence-corrected chi connectivity index (χ4v) is 2.94. The van der Waals surface area contributed by atoms with Crippen LogP contribution >= 0.6 is 0 Å². The number of esters is 1. The van der Waals surface area contributed by atoms with Crippen molar-refractivity contribution in [3.8, 4) is 0 Å². The number of hydrogen-bond acceptors (Lipinski definition) is 6. The number of benzene rings is 1. The molecular formula is C19H17F10NO7S. The topological polar surface area (TPSA) is 119 Å². The van der Waals surface area contributed by atoms with Gasteiger partial charge >= 0.3 is 51.3 Å². The van der Waals surface area contributed by atoms with Crippen LogP contribution in [0, 0.1) is 0 Å². The number of rotatable bonds is 12. The lowest BCUT2D eigenvalue weighted by Crippen LogP contribution is -2.61. The minimum atomic E-state index is -6.69. The Kier molecular flexibility index (Phi) is 9.96. The lowest BCUT2D eigenvalue weighted by Gasteiger charge is -2.33. The molecule has 1 aromatic carbocycles. The zero-order chi connectivity index (χ0) is 29.8. The van der Waals surface area contributed by atoms with Crippen LogP contribution in [0.1, 0.15) is 18.4 Å². The first-order valence-electron chi connectivity index (χ1n) is 9.74. The predicted octanol–water partition coefficient (Wildman–Crippen LogP) is 4.14. The summed E-state index contributed by atoms with van der Waals surface area (Å²) in [4.78, 5) is 24.2. The molecule has 0 fully saturated rings. The molecule has 0 bridgehead atoms. The number of carbonyl (C=O) groups excluding carboxylic acids is 2. The number of hydrogen-bond donors (Lipinski definition) is 2. The minimum absolute atomic E-state index is 0.134. The van der Waals surface area contributed by atoms with Gasteiger partial charge in [0, 0.05) is 13.0 Å². The normalized spacial score (nSPS) is 14.9. The highest BCUT2D eigenvalue weighted by Crippen LogP contribution is 2.42. The molecule has 0 aliphatic carbocycles. The van der Waals surface area contributed by atoms with Gasteiger partial charge < -0.3 is 14.8 Å². The van der Waals surface area contributed by atoms with Gasteiger partial charge in [0.15, 0.2) is 0 Å². The average Bonchev–Trinajstić information content (AvgIpc) is 2.77. The third-order valence-electron chi connectivity index (χ3n) is 4.48. The highest BCUT2D eigenvalue weighted by molar-refractivity contribution is 7.87. The second-order valence-electron chi connectivity index (χ2n) is 7.30. The standard InChI is InChI=1S/C19H17F10NO7S/c1-11(17(22,23)24)13(31)37-16(18(25,26)27,14(32)30-10-12-6-3-2-4-7-12)36-9-5-8-15(20,21)19(28,29)38(33,34)35/h2-4,6-7H,1,5,8-10H2,(H,30,32)(H,33,34,35). The number of ether oxygens (including phenoxy) is 2. The summed E-state index contributed by atoms with van der Waals surface area (Å²) in [7, 11) is -6.69. The Labute approximate surface area is 207 Å². The summed E-state index contributed by atoms with van der Waals surface area (Å²) < 4.78 is 171. The molecule has 0 aliphatic heterocycles. The summed E-state index contributed by atoms with van der Waals surface area (Å²) in [6, 6.07) is 6.80. The summed E-state index contributed by atoms with van der Waals surface area (Å²) in [5.41, 5.74) is -2.39. The van der Waals surface area contributed by atoms with Crippen LogP contribution in [0.15, 0.2) is 42.5 Å². The summed E-state index contributed by atoms with van der Waals surface area (Å²) in [6.45, 7) is -0.350. The van der Waals surface area contributed by atoms with E-state index in [9.17, 15) is 61.9 Å². The van der Waals surface area contributed by atoms with E-state index in [1.165, 1.54) is 30.3 Å². The van der Waals surface area contributed by atoms with Gasteiger partial charge in [0.2, 0.25) is 0 Å². The maximum Gasteiger partial charge on any atom is 0.466 e. The van der Waals surface area contributed by atoms with Gasteiger partial charge in [-0.15, -0.1) is 0 Å². The first kappa shape index (κ1) is 33.1. The van der Waals surface area contributed by atoms with Crippen molar-refractivity contribution in [2.45, 2.75) is 48.7 Å². The highest BCUT2D eigenvalue weighted by atomic mass is 32.2. The molecule has 0 spiro atoms. The van der Waals surface area contributed by atoms with Gasteiger partial charge in [-0.25, -0.2) is 4.79 Å². The number of alkyl halides is 10. The Morgan fingerprint density at radius 1 is 0.947 bits per heavy atom. The van der Waals surface area contributed by atoms with Crippen molar-refractivity contribution in [3.05, 3.63) is 48.0 Å². The van der Waals surface area contributed by atoms with E-state index in [4.69, 9.17) is 4.55 Å². The number of carbonyl (C=O) groups is 2. The Morgan fingerprint density at radius 2 is 1.47 bits per heavy atom. The maximum atomic E-state index is 13.9. The van der Waals surface area contributed by atoms with E-state index in [-0.39, 0.29) is 5.56 Å². The van der Waals surface area contributed by atoms with Crippen LogP contribution in [0.5, 0.6) is 0 Å². The zero-order valence-corrected chi connectivity index (χ0v) is 19.3. The molecule has 1 rings (SSSR count). The van der Waals surface area contributed by atoms with Crippen molar-refractivity contribution < 1.29 is 75.9 Å². The molecule has 1 aromatic rings. The fourth-order valence-electron chi connectivity index (χ4n) is 2.46. The van der Waals surface area contributed by atoms with Gasteiger partial charge in [-0.05, 0) is 12.0 Å². The van der Waals surface area contributed by atoms with Gasteiger partial charge in [-0.1, -0.05) is 36.9 Å². The summed E-state index contributed by atoms with van der Waals surface area (Å²) in [5, 5.41) is -4.51. The predicted molar refractivity (Wildman–Crippen MR) is 105 cm³/mol. The molecule has 38 heavy (non-hydrogen) atoms. The van der Waals surface area contributed by atoms with E-state index in [2.05, 4.69) is 16.1 Å². The van der Waals surface area contributed by atoms with Crippen molar-refractivity contribution in [2.24, 2.45) is 0 Å². The molecule has 0 saturated heterocycles. The molecule has 2 N–H and O–H groups in total. The monoisotopic (exact) mass is 593 g/mol. The van der Waals surface area contributed by atoms with Crippen LogP contribution in [0.25, 0.3) is 0 Å². The van der Waals surface area contributed by atoms with Gasteiger partial charge in [-0.3, -0.25) is 9.35 Å². The third-order valence-corrected chi connectivity index (χ3v) is 5.43. The Morgan fingerprint density at radius 3 is 1.92 bits per heavy atom. The Bertz CT molecular complexity index is 1120. The molecule has 0 saturated carbocycles. The zero-order valence-electron chi connectivity index (χ0n) is 18.5. The molecule has 0 aromatic heterocycles. The fraction of sp³-hybridized carbons (Fsp3) is 0.474. The highest BCUT2D eigenvalue weighted by Gasteiger charge is 2.68. The third kappa shape index (κ3) is 7.56. The number of nitrogens with one attached hydrogen (secondary N) is 1. The van der Waals surface area contributed by atoms with E-state index in [0.29, 0.717) is 0 Å². The van der Waals surface area contributed by atoms with E-state index in [1.54, 1.807) is 5.32 Å². The number of halogens is 10. The molecule has 19 heteroatoms. The van der Waals surface area contributed by atoms with Crippen LogP contribution in [-0.4, -0.2) is 60.8 Å². The summed E-state index contributed by atoms with van der Waals surface area (Å²) in [5.74, 6) is -15.8. The Hall–Kier alpha value is -2.93. The second kappa shape index (κ2) is 11.4. The van der Waals surface area contributed by atoms with Crippen LogP contribution in [0.4, 0.5) is 43.9 Å². The summed E-state index contributed by atoms with van der Waals surface area (Å²) >= 11 is 0. The first-order valence-corrected chi connectivity index (χ1v) is 11.2. The molecule has 0 radical (unpaired) electrons. The molecule has 1 unspecified atom stereocenters. The van der Waals surface area contributed by atoms with Gasteiger partial charge in [-0.2, -0.15) is 52.3 Å². The van der Waals surface area contributed by atoms with Crippen molar-refractivity contribution in [1.29, 1.82) is 0 Å². The minimum Gasteiger partial charge on any atom is -0.412 e. The Balaban J connectivity index is 3.28. The van der Waals surface area contributed by atoms with Crippen molar-refractivity contribution >= 4 is 22.0 Å². The van der Waals surface area contributed by atoms with Crippen LogP contribution in [0.2, 0.25) is 0 Å². The smallest absolute Gasteiger partial charge is 0.412 e. The molecule has 0 heterocycles. The summed E-state index contributed by atoms with van der Waals surface area (Å²) in [6.07, 6.45) is -15.7. The van der Waals surface area contributed by atoms with Crippen molar-refractivity contribution in [2.75, 3.05) is 6.61 Å². The average molecular weight is 593 g/mol. The van der Waals surface area contributed by atoms with Gasteiger partial charge in [0.05, 0.1) is 6.61 Å². The molecule has 216 valence electrons. The molecule has 8 nitrogen and oxygen atoms in total. The largest absolute Gasteiger partial charge is 0.466 e. The van der Waals surface area contributed by atoms with Crippen molar-refractivity contribution in [1.82, 2.24) is 5.32 Å². The van der Waals surface area contributed by atoms with Gasteiger partial charge in [0.1, 0.15) is 5.57 Å². The van der Waals surface area contributed by atoms with E-state index >= 15 is 0 Å². The molecule has 1 amide bonds. The van der Waals surface area contributed by atoms with E-state index in [0.717, 1.165) is 0 Å². The lowest BCUT2D eigenvalue weighted by molar-refractivity contribution is -0.348. The SMILES string of the molecule is C=C(C(=O)OC(OCCCC(F)(F)C(F)(F)S(=O)(=O)O)(C(=O)NCc1ccccc1)C(F)(F)F)C(F)(F)F. The first-order chi connectivity index (χ1) is 17.0. The number of amides is 1. The van der Waals surface area contributed by atoms with Crippen LogP contribution in [0.3, 0.4) is 0 Å². The molecule has 0 aliphatic rings. The lowest BCUT2D eigenvalue weighted by atomic mass is 10.1. The molecule has 1 atom stereocenters. The van der Waals surface area contributed by atoms with Crippen molar-refractivity contribution in [3.63, 3.8) is 0 Å². The van der Waals surface area contributed by atoms with E-state index < -0.39 is 82.9 Å². The second-order valence-corrected chi connectivity index (χ2v) is 8.76. The molecular weight excluding hydrogens is 576 g/mol. The maximum absolute atomic E-state index is 13.9. The quantitative estimate of drug-likeness (QED) is 0.0935. The van der Waals surface area contributed by atoms with Gasteiger partial charge in [0.25, 0.3) is 0 Å². The van der Waals surface area contributed by atoms with E-state index in [1.807, 2.05) is 0 Å². The van der Waals surface area contributed by atoms with Crippen LogP contribution < -0.4 is 5.32 Å². The van der Waals surface area contributed by atoms with Crippen LogP contribution in [-0.2, 0) is 35.7 Å².